The second kappa shape index (κ2) is 4.03. The molecule has 0 aromatic rings. The van der Waals surface area contributed by atoms with E-state index in [2.05, 4.69) is 0 Å². The number of allylic oxidation sites excluding steroid dienone is 1. The minimum atomic E-state index is -3.13. The summed E-state index contributed by atoms with van der Waals surface area (Å²) in [5.74, 6) is 0.298. The van der Waals surface area contributed by atoms with Gasteiger partial charge >= 0.3 is 0 Å². The number of hydrogen-bond donors (Lipinski definition) is 0. The van der Waals surface area contributed by atoms with Gasteiger partial charge in [0.15, 0.2) is 0 Å². The highest BCUT2D eigenvalue weighted by atomic mass is 32.2. The molecule has 1 aliphatic heterocycles. The summed E-state index contributed by atoms with van der Waals surface area (Å²) in [4.78, 5) is 0.598. The fourth-order valence-electron chi connectivity index (χ4n) is 1.70. The Morgan fingerprint density at radius 3 is 2.21 bits per heavy atom. The first-order chi connectivity index (χ1) is 6.35. The van der Waals surface area contributed by atoms with Crippen molar-refractivity contribution < 1.29 is 8.42 Å². The van der Waals surface area contributed by atoms with Gasteiger partial charge in [0.2, 0.25) is 10.0 Å². The lowest BCUT2D eigenvalue weighted by molar-refractivity contribution is 0.381. The van der Waals surface area contributed by atoms with Crippen molar-refractivity contribution >= 4 is 10.0 Å². The smallest absolute Gasteiger partial charge is 0.207 e. The number of hydrogen-bond acceptors (Lipinski definition) is 2. The molecule has 0 saturated carbocycles. The van der Waals surface area contributed by atoms with Crippen molar-refractivity contribution in [3.8, 4) is 0 Å². The molecule has 0 unspecified atom stereocenters. The zero-order chi connectivity index (χ0) is 10.9. The lowest BCUT2D eigenvalue weighted by atomic mass is 10.2. The molecule has 82 valence electrons. The van der Waals surface area contributed by atoms with Crippen LogP contribution >= 0.6 is 0 Å². The minimum absolute atomic E-state index is 0.0677. The molecule has 1 aliphatic rings. The van der Waals surface area contributed by atoms with Gasteiger partial charge in [-0.05, 0) is 26.2 Å². The molecular formula is C10H19NO2S. The van der Waals surface area contributed by atoms with E-state index in [1.54, 1.807) is 4.31 Å². The van der Waals surface area contributed by atoms with E-state index in [1.807, 2.05) is 33.8 Å². The molecule has 4 heteroatoms. The van der Waals surface area contributed by atoms with Crippen LogP contribution in [0.25, 0.3) is 0 Å². The van der Waals surface area contributed by atoms with Gasteiger partial charge in [0.25, 0.3) is 0 Å². The van der Waals surface area contributed by atoms with E-state index < -0.39 is 10.0 Å². The fraction of sp³-hybridized carbons (Fsp3) is 0.800. The largest absolute Gasteiger partial charge is 0.239 e. The summed E-state index contributed by atoms with van der Waals surface area (Å²) >= 11 is 0. The highest BCUT2D eigenvalue weighted by Gasteiger charge is 2.34. The summed E-state index contributed by atoms with van der Waals surface area (Å²) in [6.45, 7) is 8.46. The van der Waals surface area contributed by atoms with Gasteiger partial charge < -0.3 is 0 Å². The first-order valence-electron chi connectivity index (χ1n) is 5.08. The van der Waals surface area contributed by atoms with Crippen LogP contribution in [0.5, 0.6) is 0 Å². The van der Waals surface area contributed by atoms with E-state index in [0.29, 0.717) is 23.8 Å². The van der Waals surface area contributed by atoms with Crippen molar-refractivity contribution in [2.75, 3.05) is 6.54 Å². The van der Waals surface area contributed by atoms with Crippen molar-refractivity contribution in [1.29, 1.82) is 0 Å². The van der Waals surface area contributed by atoms with Gasteiger partial charge in [-0.15, -0.1) is 0 Å². The average molecular weight is 217 g/mol. The molecule has 1 heterocycles. The van der Waals surface area contributed by atoms with Crippen molar-refractivity contribution in [3.05, 3.63) is 11.0 Å². The zero-order valence-electron chi connectivity index (χ0n) is 9.32. The Morgan fingerprint density at radius 2 is 1.86 bits per heavy atom. The molecule has 1 rings (SSSR count). The summed E-state index contributed by atoms with van der Waals surface area (Å²) in [6, 6.07) is 0.0677. The number of sulfonamides is 1. The van der Waals surface area contributed by atoms with E-state index in [-0.39, 0.29) is 6.04 Å². The Bertz CT molecular complexity index is 328. The van der Waals surface area contributed by atoms with Gasteiger partial charge in [-0.3, -0.25) is 0 Å². The molecule has 0 aromatic heterocycles. The Kier molecular flexibility index (Phi) is 3.37. The van der Waals surface area contributed by atoms with E-state index in [9.17, 15) is 8.42 Å². The summed E-state index contributed by atoms with van der Waals surface area (Å²) in [6.07, 6.45) is 2.52. The van der Waals surface area contributed by atoms with Crippen molar-refractivity contribution in [2.45, 2.75) is 40.2 Å². The molecule has 0 radical (unpaired) electrons. The maximum absolute atomic E-state index is 11.9. The maximum atomic E-state index is 11.9. The van der Waals surface area contributed by atoms with E-state index >= 15 is 0 Å². The Balaban J connectivity index is 2.99. The third-order valence-electron chi connectivity index (χ3n) is 2.31. The highest BCUT2D eigenvalue weighted by molar-refractivity contribution is 7.93. The number of rotatable bonds is 2. The van der Waals surface area contributed by atoms with Gasteiger partial charge in [0.1, 0.15) is 0 Å². The van der Waals surface area contributed by atoms with E-state index in [0.717, 1.165) is 0 Å². The molecule has 0 bridgehead atoms. The summed E-state index contributed by atoms with van der Waals surface area (Å²) in [5, 5.41) is 0. The molecule has 0 aliphatic carbocycles. The highest BCUT2D eigenvalue weighted by Crippen LogP contribution is 2.28. The van der Waals surface area contributed by atoms with Crippen LogP contribution in [-0.4, -0.2) is 25.3 Å². The molecule has 0 atom stereocenters. The van der Waals surface area contributed by atoms with Crippen molar-refractivity contribution in [1.82, 2.24) is 4.31 Å². The van der Waals surface area contributed by atoms with Gasteiger partial charge in [-0.25, -0.2) is 8.42 Å². The monoisotopic (exact) mass is 217 g/mol. The van der Waals surface area contributed by atoms with Crippen LogP contribution in [0.4, 0.5) is 0 Å². The van der Waals surface area contributed by atoms with Crippen LogP contribution in [0.3, 0.4) is 0 Å². The van der Waals surface area contributed by atoms with Crippen molar-refractivity contribution in [3.63, 3.8) is 0 Å². The average Bonchev–Trinajstić information content (AvgIpc) is 2.26. The fourth-order valence-corrected chi connectivity index (χ4v) is 3.68. The SMILES string of the molecule is CC(C)/C=C1\CCN(C(C)C)S1(=O)=O. The lowest BCUT2D eigenvalue weighted by Gasteiger charge is -2.18. The van der Waals surface area contributed by atoms with Crippen molar-refractivity contribution in [2.24, 2.45) is 5.92 Å². The lowest BCUT2D eigenvalue weighted by Crippen LogP contribution is -2.31. The van der Waals surface area contributed by atoms with E-state index in [1.165, 1.54) is 0 Å². The molecule has 0 N–H and O–H groups in total. The van der Waals surface area contributed by atoms with Gasteiger partial charge in [0.05, 0.1) is 4.91 Å². The predicted octanol–water partition coefficient (Wildman–Crippen LogP) is 1.97. The predicted molar refractivity (Wildman–Crippen MR) is 58.3 cm³/mol. The van der Waals surface area contributed by atoms with E-state index in [4.69, 9.17) is 0 Å². The third kappa shape index (κ3) is 2.17. The number of nitrogens with zero attached hydrogens (tertiary/aromatic N) is 1. The van der Waals surface area contributed by atoms with Gasteiger partial charge in [-0.2, -0.15) is 4.31 Å². The van der Waals surface area contributed by atoms with Gasteiger partial charge in [0, 0.05) is 12.6 Å². The van der Waals surface area contributed by atoms with Crippen LogP contribution in [0.2, 0.25) is 0 Å². The van der Waals surface area contributed by atoms with Crippen LogP contribution < -0.4 is 0 Å². The molecule has 0 amide bonds. The molecule has 1 saturated heterocycles. The summed E-state index contributed by atoms with van der Waals surface area (Å²) in [7, 11) is -3.13. The normalized spacial score (nSPS) is 25.4. The third-order valence-corrected chi connectivity index (χ3v) is 4.54. The minimum Gasteiger partial charge on any atom is -0.207 e. The van der Waals surface area contributed by atoms with Gasteiger partial charge in [-0.1, -0.05) is 19.9 Å². The topological polar surface area (TPSA) is 37.4 Å². The second-order valence-corrected chi connectivity index (χ2v) is 6.28. The summed E-state index contributed by atoms with van der Waals surface area (Å²) in [5.41, 5.74) is 0. The molecule has 0 spiro atoms. The Hall–Kier alpha value is -0.350. The Labute approximate surface area is 86.8 Å². The molecular weight excluding hydrogens is 198 g/mol. The van der Waals surface area contributed by atoms with Crippen LogP contribution in [-0.2, 0) is 10.0 Å². The zero-order valence-corrected chi connectivity index (χ0v) is 10.1. The Morgan fingerprint density at radius 1 is 1.29 bits per heavy atom. The second-order valence-electron chi connectivity index (χ2n) is 4.34. The standard InChI is InChI=1S/C10H19NO2S/c1-8(2)7-10-5-6-11(9(3)4)14(10,12)13/h7-9H,5-6H2,1-4H3/b10-7+. The van der Waals surface area contributed by atoms with Crippen LogP contribution in [0.1, 0.15) is 34.1 Å². The first kappa shape index (κ1) is 11.7. The molecule has 3 nitrogen and oxygen atoms in total. The molecule has 14 heavy (non-hydrogen) atoms. The van der Waals surface area contributed by atoms with Crippen LogP contribution in [0.15, 0.2) is 11.0 Å². The molecule has 1 fully saturated rings. The quantitative estimate of drug-likeness (QED) is 0.709. The maximum Gasteiger partial charge on any atom is 0.239 e. The van der Waals surface area contributed by atoms with Crippen LogP contribution in [0, 0.1) is 5.92 Å². The summed E-state index contributed by atoms with van der Waals surface area (Å²) < 4.78 is 25.4. The first-order valence-corrected chi connectivity index (χ1v) is 6.52. The molecule has 0 aromatic carbocycles.